The van der Waals surface area contributed by atoms with Gasteiger partial charge in [0.05, 0.1) is 33.5 Å². The van der Waals surface area contributed by atoms with Crippen LogP contribution in [0.2, 0.25) is 0 Å². The van der Waals surface area contributed by atoms with E-state index < -0.39 is 0 Å². The number of nitrogens with zero attached hydrogens (tertiary/aromatic N) is 3. The van der Waals surface area contributed by atoms with Gasteiger partial charge in [-0.2, -0.15) is 0 Å². The molecule has 0 aliphatic carbocycles. The van der Waals surface area contributed by atoms with E-state index in [-0.39, 0.29) is 0 Å². The number of hydrogen-bond donors (Lipinski definition) is 0. The van der Waals surface area contributed by atoms with Crippen molar-refractivity contribution in [3.63, 3.8) is 0 Å². The lowest BCUT2D eigenvalue weighted by Gasteiger charge is -2.14. The molecule has 47 heavy (non-hydrogen) atoms. The molecule has 2 aromatic heterocycles. The first-order valence-corrected chi connectivity index (χ1v) is 16.0. The molecule has 0 aliphatic rings. The zero-order valence-corrected chi connectivity index (χ0v) is 25.4. The van der Waals surface area contributed by atoms with Crippen LogP contribution in [0.25, 0.3) is 93.4 Å². The van der Waals surface area contributed by atoms with Crippen LogP contribution >= 0.6 is 0 Å². The summed E-state index contributed by atoms with van der Waals surface area (Å²) in [5.74, 6) is 0. The predicted molar refractivity (Wildman–Crippen MR) is 197 cm³/mol. The van der Waals surface area contributed by atoms with Crippen molar-refractivity contribution in [3.8, 4) is 28.2 Å². The minimum Gasteiger partial charge on any atom is -0.309 e. The summed E-state index contributed by atoms with van der Waals surface area (Å²) in [5.41, 5.74) is 9.21. The summed E-state index contributed by atoms with van der Waals surface area (Å²) in [6.45, 7) is 0. The molecular weight excluding hydrogens is 571 g/mol. The molecule has 3 heteroatoms. The number of benzene rings is 8. The average Bonchev–Trinajstić information content (AvgIpc) is 3.46. The molecule has 3 nitrogen and oxygen atoms in total. The summed E-state index contributed by atoms with van der Waals surface area (Å²) in [4.78, 5) is 10.8. The highest BCUT2D eigenvalue weighted by molar-refractivity contribution is 6.20. The fourth-order valence-electron chi connectivity index (χ4n) is 7.31. The third-order valence-electron chi connectivity index (χ3n) is 9.51. The maximum atomic E-state index is 5.46. The summed E-state index contributed by atoms with van der Waals surface area (Å²) in [6, 6.07) is 58.3. The second kappa shape index (κ2) is 10.1. The van der Waals surface area contributed by atoms with Crippen LogP contribution in [0.1, 0.15) is 0 Å². The maximum Gasteiger partial charge on any atom is 0.0979 e. The molecule has 8 aromatic carbocycles. The summed E-state index contributed by atoms with van der Waals surface area (Å²) in [7, 11) is 0. The molecule has 0 amide bonds. The Morgan fingerprint density at radius 3 is 1.79 bits per heavy atom. The molecular formula is C44H27N3. The lowest BCUT2D eigenvalue weighted by Crippen LogP contribution is -1.97. The number of aromatic nitrogens is 3. The van der Waals surface area contributed by atoms with Gasteiger partial charge in [-0.25, -0.2) is 9.97 Å². The van der Waals surface area contributed by atoms with Crippen molar-refractivity contribution in [1.82, 2.24) is 14.5 Å². The van der Waals surface area contributed by atoms with Gasteiger partial charge >= 0.3 is 0 Å². The fourth-order valence-corrected chi connectivity index (χ4v) is 7.31. The summed E-state index contributed by atoms with van der Waals surface area (Å²) < 4.78 is 2.41. The van der Waals surface area contributed by atoms with Gasteiger partial charge in [-0.3, -0.25) is 0 Å². The molecule has 0 atom stereocenters. The molecule has 0 fully saturated rings. The van der Waals surface area contributed by atoms with Crippen LogP contribution in [0.4, 0.5) is 0 Å². The number of rotatable bonds is 3. The van der Waals surface area contributed by atoms with Crippen LogP contribution in [0.3, 0.4) is 0 Å². The molecule has 0 spiro atoms. The van der Waals surface area contributed by atoms with Crippen molar-refractivity contribution in [2.45, 2.75) is 0 Å². The SMILES string of the molecule is c1ccc(-c2nc3ccc4ccc5ccc(-n6c7ccccc7c7cc8ccccc8cc76)cc5c4c3nc2-c2ccccc2)cc1. The Morgan fingerprint density at radius 1 is 0.383 bits per heavy atom. The number of para-hydroxylation sites is 1. The van der Waals surface area contributed by atoms with Crippen molar-refractivity contribution in [2.24, 2.45) is 0 Å². The monoisotopic (exact) mass is 597 g/mol. The van der Waals surface area contributed by atoms with Gasteiger partial charge in [0.15, 0.2) is 0 Å². The molecule has 2 heterocycles. The van der Waals surface area contributed by atoms with Gasteiger partial charge < -0.3 is 4.57 Å². The van der Waals surface area contributed by atoms with E-state index in [4.69, 9.17) is 9.97 Å². The molecule has 0 bridgehead atoms. The standard InChI is InChI=1S/C44H27N3/c1-3-11-30(12-4-1)42-43(31-13-5-2-6-14-31)46-44-38(45-42)24-22-29-20-19-28-21-23-34(27-36(28)41(29)44)47-39-18-10-9-17-35(39)37-25-32-15-7-8-16-33(32)26-40(37)47/h1-27H. The summed E-state index contributed by atoms with van der Waals surface area (Å²) >= 11 is 0. The Hall–Kier alpha value is -6.32. The summed E-state index contributed by atoms with van der Waals surface area (Å²) in [6.07, 6.45) is 0. The van der Waals surface area contributed by atoms with Crippen LogP contribution in [0.15, 0.2) is 164 Å². The van der Waals surface area contributed by atoms with Gasteiger partial charge in [0.2, 0.25) is 0 Å². The van der Waals surface area contributed by atoms with Crippen LogP contribution in [-0.2, 0) is 0 Å². The lowest BCUT2D eigenvalue weighted by molar-refractivity contribution is 1.19. The Morgan fingerprint density at radius 2 is 1.00 bits per heavy atom. The topological polar surface area (TPSA) is 30.7 Å². The summed E-state index contributed by atoms with van der Waals surface area (Å²) in [5, 5.41) is 9.61. The van der Waals surface area contributed by atoms with E-state index >= 15 is 0 Å². The zero-order valence-electron chi connectivity index (χ0n) is 25.4. The van der Waals surface area contributed by atoms with Gasteiger partial charge in [-0.15, -0.1) is 0 Å². The smallest absolute Gasteiger partial charge is 0.0979 e. The molecule has 0 radical (unpaired) electrons. The molecule has 0 aliphatic heterocycles. The maximum absolute atomic E-state index is 5.46. The molecule has 218 valence electrons. The largest absolute Gasteiger partial charge is 0.309 e. The Labute approximate surface area is 271 Å². The van der Waals surface area contributed by atoms with Crippen LogP contribution < -0.4 is 0 Å². The van der Waals surface area contributed by atoms with Crippen molar-refractivity contribution >= 4 is 65.2 Å². The second-order valence-electron chi connectivity index (χ2n) is 12.2. The molecule has 0 saturated carbocycles. The number of hydrogen-bond acceptors (Lipinski definition) is 2. The Bertz CT molecular complexity index is 2830. The van der Waals surface area contributed by atoms with Crippen molar-refractivity contribution < 1.29 is 0 Å². The first kappa shape index (κ1) is 26.0. The second-order valence-corrected chi connectivity index (χ2v) is 12.2. The minimum atomic E-state index is 0.886. The van der Waals surface area contributed by atoms with E-state index in [0.29, 0.717) is 0 Å². The average molecular weight is 598 g/mol. The first-order valence-electron chi connectivity index (χ1n) is 16.0. The quantitative estimate of drug-likeness (QED) is 0.190. The van der Waals surface area contributed by atoms with Crippen LogP contribution in [0, 0.1) is 0 Å². The third-order valence-corrected chi connectivity index (χ3v) is 9.51. The van der Waals surface area contributed by atoms with E-state index in [1.54, 1.807) is 0 Å². The Balaban J connectivity index is 1.30. The molecule has 10 rings (SSSR count). The zero-order chi connectivity index (χ0) is 30.9. The van der Waals surface area contributed by atoms with Gasteiger partial charge in [0, 0.05) is 33.0 Å². The van der Waals surface area contributed by atoms with Gasteiger partial charge in [-0.05, 0) is 63.3 Å². The van der Waals surface area contributed by atoms with Gasteiger partial charge in [0.25, 0.3) is 0 Å². The fraction of sp³-hybridized carbons (Fsp3) is 0. The van der Waals surface area contributed by atoms with Crippen molar-refractivity contribution in [3.05, 3.63) is 164 Å². The normalized spacial score (nSPS) is 11.8. The molecule has 0 unspecified atom stereocenters. The van der Waals surface area contributed by atoms with E-state index in [9.17, 15) is 0 Å². The van der Waals surface area contributed by atoms with E-state index in [0.717, 1.165) is 55.4 Å². The lowest BCUT2D eigenvalue weighted by atomic mass is 9.98. The van der Waals surface area contributed by atoms with Crippen LogP contribution in [0.5, 0.6) is 0 Å². The highest BCUT2D eigenvalue weighted by Crippen LogP contribution is 2.39. The van der Waals surface area contributed by atoms with E-state index in [1.807, 2.05) is 12.1 Å². The van der Waals surface area contributed by atoms with E-state index in [2.05, 4.69) is 156 Å². The minimum absolute atomic E-state index is 0.886. The molecule has 10 aromatic rings. The molecule has 0 N–H and O–H groups in total. The first-order chi connectivity index (χ1) is 23.3. The van der Waals surface area contributed by atoms with Crippen LogP contribution in [-0.4, -0.2) is 14.5 Å². The Kier molecular flexibility index (Phi) is 5.57. The number of fused-ring (bicyclic) bond motifs is 9. The highest BCUT2D eigenvalue weighted by atomic mass is 15.0. The highest BCUT2D eigenvalue weighted by Gasteiger charge is 2.18. The molecule has 0 saturated heterocycles. The van der Waals surface area contributed by atoms with Gasteiger partial charge in [0.1, 0.15) is 0 Å². The van der Waals surface area contributed by atoms with E-state index in [1.165, 1.54) is 38.0 Å². The third kappa shape index (κ3) is 4.00. The van der Waals surface area contributed by atoms with Crippen molar-refractivity contribution in [2.75, 3.05) is 0 Å². The van der Waals surface area contributed by atoms with Crippen molar-refractivity contribution in [1.29, 1.82) is 0 Å². The predicted octanol–water partition coefficient (Wildman–Crippen LogP) is 11.5. The van der Waals surface area contributed by atoms with Gasteiger partial charge in [-0.1, -0.05) is 127 Å².